The predicted octanol–water partition coefficient (Wildman–Crippen LogP) is 6.17. The second-order valence-corrected chi connectivity index (χ2v) is 5.72. The normalized spacial score (nSPS) is 15.1. The minimum absolute atomic E-state index is 1.62. The molecule has 0 rings (SSSR count). The molecule has 0 saturated heterocycles. The smallest absolute Gasteiger partial charge is 0.460 e. The summed E-state index contributed by atoms with van der Waals surface area (Å²) >= 11 is 0. The Kier molecular flexibility index (Phi) is 7.71. The Morgan fingerprint density at radius 1 is 0.645 bits per heavy atom. The van der Waals surface area contributed by atoms with Crippen molar-refractivity contribution in [2.24, 2.45) is 0 Å². The molecule has 184 valence electrons. The quantitative estimate of drug-likeness (QED) is 0.164. The fourth-order valence-corrected chi connectivity index (χ4v) is 1.62. The average Bonchev–Trinajstić information content (AvgIpc) is 2.55. The molecule has 0 N–H and O–H groups in total. The molecule has 0 heterocycles. The van der Waals surface area contributed by atoms with Gasteiger partial charge in [0.05, 0.1) is 6.61 Å². The molecule has 0 bridgehead atoms. The van der Waals surface area contributed by atoms with Crippen molar-refractivity contribution in [3.8, 4) is 0 Å². The van der Waals surface area contributed by atoms with E-state index < -0.39 is 73.0 Å². The number of rotatable bonds is 9. The second-order valence-electron chi connectivity index (χ2n) is 5.72. The van der Waals surface area contributed by atoms with E-state index in [9.17, 15) is 75.0 Å². The van der Waals surface area contributed by atoms with Crippen LogP contribution in [0.3, 0.4) is 0 Å². The molecular formula is C13H8F16O2. The van der Waals surface area contributed by atoms with Gasteiger partial charge < -0.3 is 4.74 Å². The van der Waals surface area contributed by atoms with Crippen molar-refractivity contribution in [3.05, 3.63) is 12.2 Å². The van der Waals surface area contributed by atoms with Gasteiger partial charge >= 0.3 is 47.9 Å². The van der Waals surface area contributed by atoms with Crippen LogP contribution in [0.2, 0.25) is 0 Å². The third-order valence-electron chi connectivity index (χ3n) is 3.46. The molecule has 18 heteroatoms. The fraction of sp³-hybridized carbons (Fsp3) is 0.769. The summed E-state index contributed by atoms with van der Waals surface area (Å²) in [6.07, 6.45) is -17.3. The zero-order valence-electron chi connectivity index (χ0n) is 14.2. The Hall–Kier alpha value is -1.91. The first-order valence-electron chi connectivity index (χ1n) is 7.18. The van der Waals surface area contributed by atoms with E-state index in [1.54, 1.807) is 0 Å². The summed E-state index contributed by atoms with van der Waals surface area (Å²) in [4.78, 5) is 10.8. The van der Waals surface area contributed by atoms with Crippen LogP contribution < -0.4 is 0 Å². The number of esters is 1. The first kappa shape index (κ1) is 29.1. The minimum Gasteiger partial charge on any atom is -0.462 e. The van der Waals surface area contributed by atoms with Gasteiger partial charge in [0, 0.05) is 6.42 Å². The summed E-state index contributed by atoms with van der Waals surface area (Å²) < 4.78 is 206. The maximum Gasteiger partial charge on any atom is 0.460 e. The van der Waals surface area contributed by atoms with Gasteiger partial charge in [-0.25, -0.2) is 4.79 Å². The van der Waals surface area contributed by atoms with Gasteiger partial charge in [0.25, 0.3) is 0 Å². The second kappa shape index (κ2) is 8.22. The summed E-state index contributed by atoms with van der Waals surface area (Å²) in [5, 5.41) is 0. The summed E-state index contributed by atoms with van der Waals surface area (Å²) in [5.41, 5.74) is -2.20. The lowest BCUT2D eigenvalue weighted by Crippen LogP contribution is -2.70. The first-order valence-corrected chi connectivity index (χ1v) is 7.18. The van der Waals surface area contributed by atoms with Gasteiger partial charge in [-0.3, -0.25) is 0 Å². The number of hydrogen-bond acceptors (Lipinski definition) is 2. The molecule has 0 radical (unpaired) electrons. The maximum absolute atomic E-state index is 13.4. The van der Waals surface area contributed by atoms with Crippen molar-refractivity contribution in [2.45, 2.75) is 54.8 Å². The Morgan fingerprint density at radius 3 is 1.39 bits per heavy atom. The number of ether oxygens (including phenoxy) is 1. The molecule has 0 aliphatic carbocycles. The Morgan fingerprint density at radius 2 is 1.03 bits per heavy atom. The molecular weight excluding hydrogens is 492 g/mol. The zero-order chi connectivity index (χ0) is 25.5. The SMILES string of the molecule is C=C(C(=O)OCCCC(F)(F)C(F)(F)C(F)(F)C(F)(F)C(F)(F)C(F)(F)F)C(F)(F)F. The molecule has 0 aliphatic rings. The summed E-state index contributed by atoms with van der Waals surface area (Å²) in [6.45, 7) is 0.557. The average molecular weight is 500 g/mol. The Balaban J connectivity index is 5.52. The van der Waals surface area contributed by atoms with E-state index in [4.69, 9.17) is 0 Å². The highest BCUT2D eigenvalue weighted by Crippen LogP contribution is 2.60. The Bertz CT molecular complexity index is 672. The number of carbonyl (C=O) groups is 1. The van der Waals surface area contributed by atoms with Crippen LogP contribution in [0, 0.1) is 0 Å². The number of carbonyl (C=O) groups excluding carboxylic acids is 1. The van der Waals surface area contributed by atoms with Gasteiger partial charge in [-0.15, -0.1) is 0 Å². The van der Waals surface area contributed by atoms with E-state index in [1.807, 2.05) is 0 Å². The number of halogens is 16. The lowest BCUT2D eigenvalue weighted by atomic mass is 9.92. The van der Waals surface area contributed by atoms with Gasteiger partial charge in [-0.05, 0) is 6.42 Å². The largest absolute Gasteiger partial charge is 0.462 e. The van der Waals surface area contributed by atoms with Crippen LogP contribution in [0.4, 0.5) is 70.2 Å². The third kappa shape index (κ3) is 5.12. The van der Waals surface area contributed by atoms with E-state index >= 15 is 0 Å². The molecule has 0 spiro atoms. The van der Waals surface area contributed by atoms with Gasteiger partial charge in [-0.1, -0.05) is 6.58 Å². The van der Waals surface area contributed by atoms with Crippen molar-refractivity contribution in [1.29, 1.82) is 0 Å². The highest BCUT2D eigenvalue weighted by atomic mass is 19.4. The summed E-state index contributed by atoms with van der Waals surface area (Å²) in [6, 6.07) is 0. The van der Waals surface area contributed by atoms with Crippen LogP contribution in [-0.4, -0.2) is 54.5 Å². The predicted molar refractivity (Wildman–Crippen MR) is 66.2 cm³/mol. The van der Waals surface area contributed by atoms with Crippen LogP contribution in [0.1, 0.15) is 12.8 Å². The molecule has 0 aromatic heterocycles. The lowest BCUT2D eigenvalue weighted by molar-refractivity contribution is -0.440. The molecule has 0 atom stereocenters. The Labute approximate surface area is 160 Å². The first-order chi connectivity index (χ1) is 13.3. The van der Waals surface area contributed by atoms with Gasteiger partial charge in [-0.2, -0.15) is 70.2 Å². The maximum atomic E-state index is 13.4. The van der Waals surface area contributed by atoms with E-state index in [2.05, 4.69) is 11.3 Å². The summed E-state index contributed by atoms with van der Waals surface area (Å²) in [7, 11) is 0. The molecule has 0 unspecified atom stereocenters. The molecule has 2 nitrogen and oxygen atoms in total. The topological polar surface area (TPSA) is 26.3 Å². The number of alkyl halides is 16. The molecule has 31 heavy (non-hydrogen) atoms. The van der Waals surface area contributed by atoms with Crippen LogP contribution in [0.5, 0.6) is 0 Å². The standard InChI is InChI=1S/C13H8F16O2/c1-5(8(16,17)18)6(30)31-4-2-3-7(14,15)9(19,20)10(21,22)11(23,24)12(25,26)13(27,28)29/h1-4H2. The molecule has 0 saturated carbocycles. The van der Waals surface area contributed by atoms with Crippen molar-refractivity contribution >= 4 is 5.97 Å². The molecule has 0 fully saturated rings. The molecule has 0 aromatic rings. The van der Waals surface area contributed by atoms with Gasteiger partial charge in [0.15, 0.2) is 0 Å². The van der Waals surface area contributed by atoms with Crippen LogP contribution in [-0.2, 0) is 9.53 Å². The van der Waals surface area contributed by atoms with Gasteiger partial charge in [0.1, 0.15) is 5.57 Å². The zero-order valence-corrected chi connectivity index (χ0v) is 14.2. The number of hydrogen-bond donors (Lipinski definition) is 0. The highest BCUT2D eigenvalue weighted by Gasteiger charge is 2.90. The van der Waals surface area contributed by atoms with E-state index in [-0.39, 0.29) is 0 Å². The third-order valence-corrected chi connectivity index (χ3v) is 3.46. The van der Waals surface area contributed by atoms with Crippen LogP contribution >= 0.6 is 0 Å². The van der Waals surface area contributed by atoms with E-state index in [1.165, 1.54) is 0 Å². The van der Waals surface area contributed by atoms with Crippen molar-refractivity contribution in [2.75, 3.05) is 6.61 Å². The molecule has 0 amide bonds. The highest BCUT2D eigenvalue weighted by molar-refractivity contribution is 5.89. The van der Waals surface area contributed by atoms with E-state index in [0.717, 1.165) is 0 Å². The summed E-state index contributed by atoms with van der Waals surface area (Å²) in [5.74, 6) is -40.1. The van der Waals surface area contributed by atoms with Crippen LogP contribution in [0.15, 0.2) is 12.2 Å². The fourth-order valence-electron chi connectivity index (χ4n) is 1.62. The minimum atomic E-state index is -8.05. The lowest BCUT2D eigenvalue weighted by Gasteiger charge is -2.39. The molecule has 0 aromatic carbocycles. The van der Waals surface area contributed by atoms with Crippen molar-refractivity contribution in [3.63, 3.8) is 0 Å². The van der Waals surface area contributed by atoms with E-state index in [0.29, 0.717) is 0 Å². The van der Waals surface area contributed by atoms with Gasteiger partial charge in [0.2, 0.25) is 0 Å². The monoisotopic (exact) mass is 500 g/mol. The molecule has 0 aliphatic heterocycles. The van der Waals surface area contributed by atoms with Crippen LogP contribution in [0.25, 0.3) is 0 Å². The van der Waals surface area contributed by atoms with Crippen molar-refractivity contribution in [1.82, 2.24) is 0 Å². The van der Waals surface area contributed by atoms with Crippen molar-refractivity contribution < 1.29 is 79.8 Å².